The molecule has 73 heavy (non-hydrogen) atoms. The van der Waals surface area contributed by atoms with Gasteiger partial charge in [-0.25, -0.2) is 4.98 Å². The van der Waals surface area contributed by atoms with Crippen LogP contribution in [0, 0.1) is 17.8 Å². The Hall–Kier alpha value is -5.78. The Morgan fingerprint density at radius 1 is 0.630 bits per heavy atom. The maximum atomic E-state index is 13.9. The van der Waals surface area contributed by atoms with Crippen molar-refractivity contribution in [2.45, 2.75) is 213 Å². The third kappa shape index (κ3) is 26.1. The molecular weight excluding hydrogens is 933 g/mol. The highest BCUT2D eigenvalue weighted by Crippen LogP contribution is 2.22. The Morgan fingerprint density at radius 3 is 1.77 bits per heavy atom. The number of aromatic amines is 1. The summed E-state index contributed by atoms with van der Waals surface area (Å²) >= 11 is 0. The zero-order chi connectivity index (χ0) is 54.1. The molecule has 0 aliphatic heterocycles. The number of nitrogens with one attached hydrogen (secondary N) is 6. The SMILES string of the molecule is CCCCCCCCCCCCCCCC(=O)NC(CCC(N)=O)C(=O)N[C@H](C(=O)C[C@H](C(=O)N[C@@H](C)C(=O)CCC(=O)N[C@@H](Cc1cnc[nH]1)C(=O)C[C@@H](Cc1ccccc1)C(=O)NC)[C@@H](C)CC)[C@@H](C)O. The first-order valence-corrected chi connectivity index (χ1v) is 26.9. The summed E-state index contributed by atoms with van der Waals surface area (Å²) in [7, 11) is 1.49. The number of carbonyl (C=O) groups is 9. The van der Waals surface area contributed by atoms with Gasteiger partial charge in [0.25, 0.3) is 0 Å². The molecule has 408 valence electrons. The van der Waals surface area contributed by atoms with Crippen molar-refractivity contribution in [3.8, 4) is 0 Å². The van der Waals surface area contributed by atoms with Gasteiger partial charge in [-0.15, -0.1) is 0 Å². The van der Waals surface area contributed by atoms with Crippen LogP contribution in [0.2, 0.25) is 0 Å². The predicted molar refractivity (Wildman–Crippen MR) is 280 cm³/mol. The lowest BCUT2D eigenvalue weighted by molar-refractivity contribution is -0.137. The first-order valence-electron chi connectivity index (χ1n) is 26.9. The third-order valence-corrected chi connectivity index (χ3v) is 13.6. The number of hydrogen-bond donors (Lipinski definition) is 8. The van der Waals surface area contributed by atoms with Gasteiger partial charge in [-0.2, -0.15) is 0 Å². The highest BCUT2D eigenvalue weighted by molar-refractivity contribution is 5.97. The number of primary amides is 1. The van der Waals surface area contributed by atoms with Gasteiger partial charge in [-0.3, -0.25) is 43.2 Å². The van der Waals surface area contributed by atoms with E-state index < -0.39 is 89.6 Å². The van der Waals surface area contributed by atoms with Gasteiger partial charge in [0, 0.05) is 75.7 Å². The lowest BCUT2D eigenvalue weighted by Crippen LogP contribution is -2.55. The lowest BCUT2D eigenvalue weighted by Gasteiger charge is -2.28. The van der Waals surface area contributed by atoms with Gasteiger partial charge in [0.05, 0.1) is 24.5 Å². The Kier molecular flexibility index (Phi) is 31.4. The number of Topliss-reactive ketones (excluding diaryl/α,β-unsaturated/α-hetero) is 3. The number of amides is 6. The van der Waals surface area contributed by atoms with Crippen LogP contribution in [0.4, 0.5) is 0 Å². The monoisotopic (exact) mass is 1020 g/mol. The van der Waals surface area contributed by atoms with Crippen LogP contribution in [0.25, 0.3) is 0 Å². The minimum atomic E-state index is -1.47. The maximum Gasteiger partial charge on any atom is 0.243 e. The molecule has 0 radical (unpaired) electrons. The molecule has 1 aromatic heterocycles. The fraction of sp³-hybridized carbons (Fsp3) is 0.673. The number of nitrogens with zero attached hydrogens (tertiary/aromatic N) is 1. The van der Waals surface area contributed by atoms with Crippen LogP contribution >= 0.6 is 0 Å². The average Bonchev–Trinajstić information content (AvgIpc) is 3.89. The molecule has 18 nitrogen and oxygen atoms in total. The van der Waals surface area contributed by atoms with E-state index in [0.29, 0.717) is 25.0 Å². The Balaban J connectivity index is 2.00. The Bertz CT molecular complexity index is 2000. The fourth-order valence-electron chi connectivity index (χ4n) is 8.76. The summed E-state index contributed by atoms with van der Waals surface area (Å²) in [6, 6.07) is 4.47. The average molecular weight is 1020 g/mol. The smallest absolute Gasteiger partial charge is 0.243 e. The van der Waals surface area contributed by atoms with Crippen LogP contribution in [-0.4, -0.2) is 105 Å². The molecule has 8 atom stereocenters. The van der Waals surface area contributed by atoms with E-state index >= 15 is 0 Å². The van der Waals surface area contributed by atoms with Crippen LogP contribution in [0.15, 0.2) is 42.9 Å². The summed E-state index contributed by atoms with van der Waals surface area (Å²) in [6.45, 7) is 8.58. The van der Waals surface area contributed by atoms with E-state index in [-0.39, 0.29) is 62.6 Å². The lowest BCUT2D eigenvalue weighted by atomic mass is 9.84. The van der Waals surface area contributed by atoms with Crippen molar-refractivity contribution in [1.29, 1.82) is 0 Å². The van der Waals surface area contributed by atoms with Gasteiger partial charge < -0.3 is 42.4 Å². The second-order valence-corrected chi connectivity index (χ2v) is 19.8. The molecule has 9 N–H and O–H groups in total. The highest BCUT2D eigenvalue weighted by atomic mass is 16.3. The molecule has 0 saturated carbocycles. The Labute approximate surface area is 433 Å². The van der Waals surface area contributed by atoms with Gasteiger partial charge >= 0.3 is 0 Å². The summed E-state index contributed by atoms with van der Waals surface area (Å²) in [6.07, 6.45) is 16.0. The van der Waals surface area contributed by atoms with E-state index in [1.165, 1.54) is 84.8 Å². The molecule has 1 unspecified atom stereocenters. The first kappa shape index (κ1) is 63.3. The van der Waals surface area contributed by atoms with Crippen molar-refractivity contribution in [3.63, 3.8) is 0 Å². The quantitative estimate of drug-likeness (QED) is 0.0381. The number of nitrogens with two attached hydrogens (primary N) is 1. The Morgan fingerprint density at radius 2 is 1.22 bits per heavy atom. The molecule has 0 aliphatic rings. The van der Waals surface area contributed by atoms with Crippen molar-refractivity contribution in [2.75, 3.05) is 7.05 Å². The summed E-state index contributed by atoms with van der Waals surface area (Å²) in [4.78, 5) is 126. The zero-order valence-corrected chi connectivity index (χ0v) is 44.6. The van der Waals surface area contributed by atoms with E-state index in [4.69, 9.17) is 5.73 Å². The summed E-state index contributed by atoms with van der Waals surface area (Å²) < 4.78 is 0. The molecule has 1 aromatic carbocycles. The molecule has 2 aromatic rings. The fourth-order valence-corrected chi connectivity index (χ4v) is 8.76. The maximum absolute atomic E-state index is 13.9. The van der Waals surface area contributed by atoms with Crippen LogP contribution in [0.1, 0.15) is 181 Å². The number of benzene rings is 1. The summed E-state index contributed by atoms with van der Waals surface area (Å²) in [5.74, 6) is -6.98. The van der Waals surface area contributed by atoms with Crippen LogP contribution in [0.5, 0.6) is 0 Å². The molecule has 1 heterocycles. The van der Waals surface area contributed by atoms with Crippen molar-refractivity contribution < 1.29 is 48.3 Å². The molecule has 6 amide bonds. The second-order valence-electron chi connectivity index (χ2n) is 19.8. The molecule has 2 rings (SSSR count). The minimum Gasteiger partial charge on any atom is -0.391 e. The summed E-state index contributed by atoms with van der Waals surface area (Å²) in [5.41, 5.74) is 6.82. The standard InChI is InChI=1S/C55H88N8O10/c1-7-9-10-11-12-13-14-15-16-17-18-19-23-26-50(69)61-44(27-29-49(56)68)55(73)63-52(39(5)64)48(67)34-43(37(3)8-2)54(72)60-38(4)46(65)28-30-51(70)62-45(33-42-35-58-36-59-42)47(66)32-41(53(71)57-6)31-40-24-21-20-22-25-40/h20-22,24-25,35-39,41,43-45,52,64H,7-19,23,26-34H2,1-6H3,(H2,56,68)(H,57,71)(H,58,59)(H,60,72)(H,61,69)(H,62,70)(H,63,73)/t37-,38-,39+,41+,43-,44?,45-,52-/m0/s1. The number of carbonyl (C=O) groups excluding carboxylic acids is 9. The zero-order valence-electron chi connectivity index (χ0n) is 44.6. The summed E-state index contributed by atoms with van der Waals surface area (Å²) in [5, 5.41) is 24.0. The van der Waals surface area contributed by atoms with Gasteiger partial charge in [0.1, 0.15) is 12.1 Å². The topological polar surface area (TPSA) is 289 Å². The van der Waals surface area contributed by atoms with E-state index in [1.54, 1.807) is 6.92 Å². The number of rotatable bonds is 41. The normalized spacial score (nSPS) is 14.5. The molecule has 0 aliphatic carbocycles. The largest absolute Gasteiger partial charge is 0.391 e. The number of imidazole rings is 1. The van der Waals surface area contributed by atoms with Crippen molar-refractivity contribution >= 4 is 52.8 Å². The second kappa shape index (κ2) is 36.2. The highest BCUT2D eigenvalue weighted by Gasteiger charge is 2.35. The number of aromatic nitrogens is 2. The predicted octanol–water partition coefficient (Wildman–Crippen LogP) is 5.57. The molecular formula is C55H88N8O10. The molecule has 0 fully saturated rings. The van der Waals surface area contributed by atoms with E-state index in [0.717, 1.165) is 31.2 Å². The van der Waals surface area contributed by atoms with Crippen molar-refractivity contribution in [3.05, 3.63) is 54.1 Å². The van der Waals surface area contributed by atoms with E-state index in [9.17, 15) is 48.3 Å². The van der Waals surface area contributed by atoms with Crippen LogP contribution in [-0.2, 0) is 56.0 Å². The van der Waals surface area contributed by atoms with Gasteiger partial charge in [-0.05, 0) is 44.6 Å². The molecule has 0 spiro atoms. The van der Waals surface area contributed by atoms with Gasteiger partial charge in [0.15, 0.2) is 17.3 Å². The number of aliphatic hydroxyl groups excluding tert-OH is 1. The minimum absolute atomic E-state index is 0.0676. The molecule has 0 bridgehead atoms. The van der Waals surface area contributed by atoms with Crippen molar-refractivity contribution in [1.82, 2.24) is 36.6 Å². The van der Waals surface area contributed by atoms with E-state index in [1.807, 2.05) is 37.3 Å². The van der Waals surface area contributed by atoms with Crippen LogP contribution in [0.3, 0.4) is 0 Å². The number of hydrogen-bond acceptors (Lipinski definition) is 11. The van der Waals surface area contributed by atoms with Gasteiger partial charge in [0.2, 0.25) is 35.4 Å². The van der Waals surface area contributed by atoms with Gasteiger partial charge in [-0.1, -0.05) is 135 Å². The number of unbranched alkanes of at least 4 members (excludes halogenated alkanes) is 12. The third-order valence-electron chi connectivity index (χ3n) is 13.6. The molecule has 0 saturated heterocycles. The number of aliphatic hydroxyl groups is 1. The molecule has 18 heteroatoms. The van der Waals surface area contributed by atoms with E-state index in [2.05, 4.69) is 43.5 Å². The first-order chi connectivity index (χ1) is 34.9. The number of H-pyrrole nitrogens is 1. The number of ketones is 3. The van der Waals surface area contributed by atoms with Crippen LogP contribution < -0.4 is 32.3 Å². The van der Waals surface area contributed by atoms with Crippen molar-refractivity contribution in [2.24, 2.45) is 23.5 Å².